The third-order valence-corrected chi connectivity index (χ3v) is 4.28. The molecule has 140 valence electrons. The Kier molecular flexibility index (Phi) is 6.08. The zero-order valence-electron chi connectivity index (χ0n) is 15.2. The first-order valence-corrected chi connectivity index (χ1v) is 8.99. The number of amides is 1. The molecule has 0 aliphatic rings. The predicted molar refractivity (Wildman–Crippen MR) is 103 cm³/mol. The fourth-order valence-electron chi connectivity index (χ4n) is 2.57. The summed E-state index contributed by atoms with van der Waals surface area (Å²) in [6.07, 6.45) is 0. The summed E-state index contributed by atoms with van der Waals surface area (Å²) in [6.45, 7) is 4.44. The van der Waals surface area contributed by atoms with Crippen LogP contribution in [-0.4, -0.2) is 34.1 Å². The van der Waals surface area contributed by atoms with Crippen molar-refractivity contribution in [3.63, 3.8) is 0 Å². The molecule has 0 aliphatic carbocycles. The van der Waals surface area contributed by atoms with Crippen LogP contribution in [0.25, 0.3) is 11.4 Å². The maximum atomic E-state index is 12.5. The van der Waals surface area contributed by atoms with E-state index in [-0.39, 0.29) is 19.1 Å². The van der Waals surface area contributed by atoms with E-state index in [0.717, 1.165) is 11.1 Å². The van der Waals surface area contributed by atoms with Gasteiger partial charge >= 0.3 is 0 Å². The first-order valence-electron chi connectivity index (χ1n) is 8.61. The largest absolute Gasteiger partial charge is 0.483 e. The second kappa shape index (κ2) is 8.68. The highest BCUT2D eigenvalue weighted by Gasteiger charge is 2.17. The van der Waals surface area contributed by atoms with Crippen LogP contribution < -0.4 is 4.74 Å². The van der Waals surface area contributed by atoms with E-state index in [4.69, 9.17) is 20.9 Å². The van der Waals surface area contributed by atoms with Gasteiger partial charge in [-0.1, -0.05) is 47.1 Å². The average molecular weight is 386 g/mol. The highest BCUT2D eigenvalue weighted by molar-refractivity contribution is 6.30. The Morgan fingerprint density at radius 2 is 2.00 bits per heavy atom. The van der Waals surface area contributed by atoms with Crippen LogP contribution in [0, 0.1) is 6.92 Å². The highest BCUT2D eigenvalue weighted by Crippen LogP contribution is 2.22. The van der Waals surface area contributed by atoms with Crippen molar-refractivity contribution in [3.8, 4) is 17.1 Å². The van der Waals surface area contributed by atoms with Gasteiger partial charge in [-0.25, -0.2) is 0 Å². The van der Waals surface area contributed by atoms with Crippen LogP contribution in [-0.2, 0) is 11.3 Å². The van der Waals surface area contributed by atoms with Gasteiger partial charge in [0, 0.05) is 17.1 Å². The van der Waals surface area contributed by atoms with Crippen LogP contribution >= 0.6 is 11.6 Å². The molecule has 2 aromatic carbocycles. The fourth-order valence-corrected chi connectivity index (χ4v) is 2.80. The smallest absolute Gasteiger partial charge is 0.260 e. The molecule has 6 nitrogen and oxygen atoms in total. The molecule has 7 heteroatoms. The standard InChI is InChI=1S/C20H20ClN3O3/c1-3-24(19(25)13-26-17-10-9-16(21)11-14(17)2)12-18-22-20(23-27-18)15-7-5-4-6-8-15/h4-11H,3,12-13H2,1-2H3. The number of likely N-dealkylation sites (N-methyl/N-ethyl adjacent to an activating group) is 1. The molecule has 1 heterocycles. The summed E-state index contributed by atoms with van der Waals surface area (Å²) in [5, 5.41) is 4.61. The second-order valence-corrected chi connectivity index (χ2v) is 6.42. The Morgan fingerprint density at radius 1 is 1.22 bits per heavy atom. The lowest BCUT2D eigenvalue weighted by molar-refractivity contribution is -0.134. The predicted octanol–water partition coefficient (Wildman–Crippen LogP) is 4.13. The molecule has 0 aliphatic heterocycles. The first-order chi connectivity index (χ1) is 13.1. The van der Waals surface area contributed by atoms with Crippen molar-refractivity contribution in [1.82, 2.24) is 15.0 Å². The van der Waals surface area contributed by atoms with Gasteiger partial charge in [-0.2, -0.15) is 4.98 Å². The van der Waals surface area contributed by atoms with Crippen LogP contribution in [0.15, 0.2) is 53.1 Å². The summed E-state index contributed by atoms with van der Waals surface area (Å²) < 4.78 is 10.9. The summed E-state index contributed by atoms with van der Waals surface area (Å²) >= 11 is 5.94. The molecule has 3 aromatic rings. The van der Waals surface area contributed by atoms with E-state index < -0.39 is 0 Å². The molecule has 0 fully saturated rings. The third-order valence-electron chi connectivity index (χ3n) is 4.05. The zero-order chi connectivity index (χ0) is 19.2. The SMILES string of the molecule is CCN(Cc1nc(-c2ccccc2)no1)C(=O)COc1ccc(Cl)cc1C. The number of ether oxygens (including phenoxy) is 1. The topological polar surface area (TPSA) is 68.5 Å². The molecule has 1 aromatic heterocycles. The Bertz CT molecular complexity index is 912. The van der Waals surface area contributed by atoms with Gasteiger partial charge in [0.1, 0.15) is 12.3 Å². The molecule has 3 rings (SSSR count). The summed E-state index contributed by atoms with van der Waals surface area (Å²) in [6, 6.07) is 14.8. The van der Waals surface area contributed by atoms with Crippen molar-refractivity contribution in [2.45, 2.75) is 20.4 Å². The summed E-state index contributed by atoms with van der Waals surface area (Å²) in [5.74, 6) is 1.35. The van der Waals surface area contributed by atoms with Gasteiger partial charge in [0.25, 0.3) is 5.91 Å². The van der Waals surface area contributed by atoms with Crippen molar-refractivity contribution >= 4 is 17.5 Å². The minimum atomic E-state index is -0.161. The van der Waals surface area contributed by atoms with Crippen molar-refractivity contribution in [1.29, 1.82) is 0 Å². The van der Waals surface area contributed by atoms with E-state index in [2.05, 4.69) is 10.1 Å². The van der Waals surface area contributed by atoms with E-state index in [1.165, 1.54) is 0 Å². The second-order valence-electron chi connectivity index (χ2n) is 5.98. The van der Waals surface area contributed by atoms with E-state index in [1.807, 2.05) is 44.2 Å². The highest BCUT2D eigenvalue weighted by atomic mass is 35.5. The lowest BCUT2D eigenvalue weighted by Crippen LogP contribution is -2.34. The molecular weight excluding hydrogens is 366 g/mol. The Balaban J connectivity index is 1.61. The normalized spacial score (nSPS) is 10.6. The zero-order valence-corrected chi connectivity index (χ0v) is 15.9. The van der Waals surface area contributed by atoms with Crippen LogP contribution in [0.2, 0.25) is 5.02 Å². The maximum absolute atomic E-state index is 12.5. The molecular formula is C20H20ClN3O3. The van der Waals surface area contributed by atoms with E-state index >= 15 is 0 Å². The quantitative estimate of drug-likeness (QED) is 0.611. The number of nitrogens with zero attached hydrogens (tertiary/aromatic N) is 3. The minimum Gasteiger partial charge on any atom is -0.483 e. The molecule has 0 N–H and O–H groups in total. The van der Waals surface area contributed by atoms with Crippen LogP contribution in [0.1, 0.15) is 18.4 Å². The van der Waals surface area contributed by atoms with Crippen LogP contribution in [0.3, 0.4) is 0 Å². The molecule has 0 atom stereocenters. The molecule has 0 bridgehead atoms. The Hall–Kier alpha value is -2.86. The van der Waals surface area contributed by atoms with Crippen molar-refractivity contribution in [2.75, 3.05) is 13.2 Å². The molecule has 0 saturated heterocycles. The Labute approximate surface area is 162 Å². The number of benzene rings is 2. The van der Waals surface area contributed by atoms with E-state index in [1.54, 1.807) is 23.1 Å². The Morgan fingerprint density at radius 3 is 2.70 bits per heavy atom. The molecule has 0 saturated carbocycles. The maximum Gasteiger partial charge on any atom is 0.260 e. The van der Waals surface area contributed by atoms with Gasteiger partial charge in [-0.05, 0) is 37.6 Å². The number of rotatable bonds is 7. The van der Waals surface area contributed by atoms with Gasteiger partial charge in [0.2, 0.25) is 11.7 Å². The van der Waals surface area contributed by atoms with E-state index in [9.17, 15) is 4.79 Å². The molecule has 0 radical (unpaired) electrons. The molecule has 1 amide bonds. The number of carbonyl (C=O) groups is 1. The van der Waals surface area contributed by atoms with Crippen molar-refractivity contribution < 1.29 is 14.1 Å². The van der Waals surface area contributed by atoms with Crippen LogP contribution in [0.5, 0.6) is 5.75 Å². The minimum absolute atomic E-state index is 0.0734. The summed E-state index contributed by atoms with van der Waals surface area (Å²) in [4.78, 5) is 18.5. The van der Waals surface area contributed by atoms with Gasteiger partial charge < -0.3 is 14.2 Å². The summed E-state index contributed by atoms with van der Waals surface area (Å²) in [5.41, 5.74) is 1.74. The van der Waals surface area contributed by atoms with E-state index in [0.29, 0.717) is 29.0 Å². The third kappa shape index (κ3) is 4.86. The fraction of sp³-hybridized carbons (Fsp3) is 0.250. The number of hydrogen-bond acceptors (Lipinski definition) is 5. The summed E-state index contributed by atoms with van der Waals surface area (Å²) in [7, 11) is 0. The number of halogens is 1. The molecule has 0 unspecified atom stereocenters. The first kappa shape index (κ1) is 18.9. The number of hydrogen-bond donors (Lipinski definition) is 0. The number of carbonyl (C=O) groups excluding carboxylic acids is 1. The molecule has 27 heavy (non-hydrogen) atoms. The number of aryl methyl sites for hydroxylation is 1. The van der Waals surface area contributed by atoms with Gasteiger partial charge in [-0.15, -0.1) is 0 Å². The lowest BCUT2D eigenvalue weighted by atomic mass is 10.2. The van der Waals surface area contributed by atoms with Gasteiger partial charge in [-0.3, -0.25) is 4.79 Å². The monoisotopic (exact) mass is 385 g/mol. The van der Waals surface area contributed by atoms with Crippen LogP contribution in [0.4, 0.5) is 0 Å². The lowest BCUT2D eigenvalue weighted by Gasteiger charge is -2.19. The number of aromatic nitrogens is 2. The average Bonchev–Trinajstić information content (AvgIpc) is 3.14. The van der Waals surface area contributed by atoms with Crippen molar-refractivity contribution in [2.24, 2.45) is 0 Å². The van der Waals surface area contributed by atoms with Crippen molar-refractivity contribution in [3.05, 3.63) is 65.0 Å². The molecule has 0 spiro atoms. The van der Waals surface area contributed by atoms with Gasteiger partial charge in [0.05, 0.1) is 0 Å². The van der Waals surface area contributed by atoms with Gasteiger partial charge in [0.15, 0.2) is 6.61 Å².